The fourth-order valence-corrected chi connectivity index (χ4v) is 4.64. The number of aromatic nitrogens is 5. The highest BCUT2D eigenvalue weighted by Crippen LogP contribution is 2.35. The molecule has 0 bridgehead atoms. The lowest BCUT2D eigenvalue weighted by Crippen LogP contribution is -2.52. The highest BCUT2D eigenvalue weighted by molar-refractivity contribution is 5.92. The summed E-state index contributed by atoms with van der Waals surface area (Å²) in [4.78, 5) is 31.0. The lowest BCUT2D eigenvalue weighted by molar-refractivity contribution is -0.149. The predicted molar refractivity (Wildman–Crippen MR) is 123 cm³/mol. The predicted octanol–water partition coefficient (Wildman–Crippen LogP) is 2.42. The number of hydrogen-bond donors (Lipinski definition) is 1. The van der Waals surface area contributed by atoms with Gasteiger partial charge in [0.25, 0.3) is 5.91 Å². The summed E-state index contributed by atoms with van der Waals surface area (Å²) in [6.45, 7) is 2.58. The molecule has 1 N–H and O–H groups in total. The van der Waals surface area contributed by atoms with Gasteiger partial charge in [-0.3, -0.25) is 9.89 Å². The molecule has 0 spiro atoms. The van der Waals surface area contributed by atoms with Crippen LogP contribution < -0.4 is 9.64 Å². The molecular weight excluding hydrogens is 422 g/mol. The van der Waals surface area contributed by atoms with E-state index in [2.05, 4.69) is 20.1 Å². The van der Waals surface area contributed by atoms with E-state index in [9.17, 15) is 4.79 Å². The summed E-state index contributed by atoms with van der Waals surface area (Å²) >= 11 is 0. The second-order valence-electron chi connectivity index (χ2n) is 8.83. The van der Waals surface area contributed by atoms with Crippen molar-refractivity contribution in [2.24, 2.45) is 0 Å². The Bertz CT molecular complexity index is 1130. The molecule has 1 aromatic carbocycles. The number of nitrogens with one attached hydrogen (secondary N) is 1. The number of aromatic amines is 1. The summed E-state index contributed by atoms with van der Waals surface area (Å²) in [5.74, 6) is 0.979. The zero-order valence-electron chi connectivity index (χ0n) is 19.1. The third kappa shape index (κ3) is 4.22. The third-order valence-corrected chi connectivity index (χ3v) is 6.37. The second kappa shape index (κ2) is 8.93. The minimum atomic E-state index is -0.954. The van der Waals surface area contributed by atoms with E-state index in [1.807, 2.05) is 18.2 Å². The Hall–Kier alpha value is -3.27. The number of rotatable bonds is 5. The normalized spacial score (nSPS) is 18.3. The molecule has 2 aliphatic rings. The van der Waals surface area contributed by atoms with Gasteiger partial charge in [-0.05, 0) is 31.7 Å². The quantitative estimate of drug-likeness (QED) is 0.630. The molecule has 0 unspecified atom stereocenters. The van der Waals surface area contributed by atoms with Crippen LogP contribution in [0, 0.1) is 0 Å². The Labute approximate surface area is 192 Å². The molecule has 10 nitrogen and oxygen atoms in total. The number of anilines is 1. The Morgan fingerprint density at radius 1 is 1.12 bits per heavy atom. The Balaban J connectivity index is 1.59. The van der Waals surface area contributed by atoms with Crippen LogP contribution in [-0.2, 0) is 9.53 Å². The highest BCUT2D eigenvalue weighted by Gasteiger charge is 2.44. The van der Waals surface area contributed by atoms with Crippen molar-refractivity contribution in [2.75, 3.05) is 45.3 Å². The van der Waals surface area contributed by atoms with E-state index < -0.39 is 5.60 Å². The van der Waals surface area contributed by atoms with Crippen molar-refractivity contribution < 1.29 is 14.3 Å². The van der Waals surface area contributed by atoms with E-state index in [-0.39, 0.29) is 11.9 Å². The van der Waals surface area contributed by atoms with Gasteiger partial charge in [0, 0.05) is 38.1 Å². The van der Waals surface area contributed by atoms with Crippen molar-refractivity contribution in [3.63, 3.8) is 0 Å². The zero-order chi connectivity index (χ0) is 22.8. The number of nitrogens with zero attached hydrogens (tertiary/aromatic N) is 6. The van der Waals surface area contributed by atoms with Gasteiger partial charge < -0.3 is 19.3 Å². The van der Waals surface area contributed by atoms with Gasteiger partial charge in [0.15, 0.2) is 11.4 Å². The highest BCUT2D eigenvalue weighted by atomic mass is 16.5. The first-order valence-corrected chi connectivity index (χ1v) is 11.5. The van der Waals surface area contributed by atoms with Crippen molar-refractivity contribution in [1.82, 2.24) is 30.0 Å². The largest absolute Gasteiger partial charge is 0.447 e. The molecule has 3 heterocycles. The lowest BCUT2D eigenvalue weighted by atomic mass is 9.83. The van der Waals surface area contributed by atoms with Gasteiger partial charge in [-0.15, -0.1) is 0 Å². The SMILES string of the molecule is CN(C)C(=O)C1(Oc2nc(-c3cccc4[nH]ncc34)nc(N3CCOCC3)n2)CCCCC1. The minimum Gasteiger partial charge on any atom is -0.447 e. The summed E-state index contributed by atoms with van der Waals surface area (Å²) in [7, 11) is 3.53. The van der Waals surface area contributed by atoms with Crippen LogP contribution in [0.1, 0.15) is 32.1 Å². The number of morpholine rings is 1. The molecule has 0 radical (unpaired) electrons. The van der Waals surface area contributed by atoms with Crippen LogP contribution in [0.15, 0.2) is 24.4 Å². The second-order valence-corrected chi connectivity index (χ2v) is 8.83. The molecule has 2 fully saturated rings. The summed E-state index contributed by atoms with van der Waals surface area (Å²) in [5.41, 5.74) is 0.777. The molecule has 1 aliphatic heterocycles. The van der Waals surface area contributed by atoms with Crippen molar-refractivity contribution in [3.8, 4) is 17.4 Å². The molecule has 1 aliphatic carbocycles. The molecule has 1 saturated carbocycles. The van der Waals surface area contributed by atoms with E-state index in [0.29, 0.717) is 50.9 Å². The Kier molecular flexibility index (Phi) is 5.84. The number of ether oxygens (including phenoxy) is 2. The van der Waals surface area contributed by atoms with Gasteiger partial charge >= 0.3 is 6.01 Å². The molecular formula is C23H29N7O3. The summed E-state index contributed by atoms with van der Waals surface area (Å²) in [5, 5.41) is 8.07. The van der Waals surface area contributed by atoms with Crippen LogP contribution >= 0.6 is 0 Å². The molecule has 174 valence electrons. The number of hydrogen-bond acceptors (Lipinski definition) is 8. The van der Waals surface area contributed by atoms with E-state index in [1.54, 1.807) is 25.2 Å². The summed E-state index contributed by atoms with van der Waals surface area (Å²) in [6, 6.07) is 6.04. The van der Waals surface area contributed by atoms with E-state index >= 15 is 0 Å². The standard InChI is InChI=1S/C23H29N7O3/c1-29(2)20(31)23(9-4-3-5-10-23)33-22-26-19(16-7-6-8-18-17(16)15-24-28-18)25-21(27-22)30-11-13-32-14-12-30/h6-8,15H,3-5,9-14H2,1-2H3,(H,24,28). The van der Waals surface area contributed by atoms with Gasteiger partial charge in [0.05, 0.1) is 24.9 Å². The fourth-order valence-electron chi connectivity index (χ4n) is 4.64. The van der Waals surface area contributed by atoms with Gasteiger partial charge in [0.2, 0.25) is 5.95 Å². The molecule has 2 aromatic heterocycles. The molecule has 3 aromatic rings. The number of H-pyrrole nitrogens is 1. The van der Waals surface area contributed by atoms with Crippen molar-refractivity contribution in [3.05, 3.63) is 24.4 Å². The fraction of sp³-hybridized carbons (Fsp3) is 0.522. The van der Waals surface area contributed by atoms with Gasteiger partial charge in [-0.25, -0.2) is 0 Å². The van der Waals surface area contributed by atoms with Gasteiger partial charge in [-0.1, -0.05) is 18.6 Å². The molecule has 1 amide bonds. The van der Waals surface area contributed by atoms with Crippen LogP contribution in [0.25, 0.3) is 22.3 Å². The third-order valence-electron chi connectivity index (χ3n) is 6.37. The van der Waals surface area contributed by atoms with Crippen molar-refractivity contribution in [2.45, 2.75) is 37.7 Å². The van der Waals surface area contributed by atoms with Gasteiger partial charge in [0.1, 0.15) is 0 Å². The minimum absolute atomic E-state index is 0.0472. The molecule has 5 rings (SSSR count). The van der Waals surface area contributed by atoms with Crippen LogP contribution in [0.2, 0.25) is 0 Å². The Morgan fingerprint density at radius 3 is 2.67 bits per heavy atom. The lowest BCUT2D eigenvalue weighted by Gasteiger charge is -2.37. The molecule has 1 saturated heterocycles. The number of benzene rings is 1. The Morgan fingerprint density at radius 2 is 1.91 bits per heavy atom. The average Bonchev–Trinajstić information content (AvgIpc) is 3.33. The monoisotopic (exact) mass is 451 g/mol. The molecule has 33 heavy (non-hydrogen) atoms. The van der Waals surface area contributed by atoms with Crippen LogP contribution in [0.4, 0.5) is 5.95 Å². The van der Waals surface area contributed by atoms with E-state index in [4.69, 9.17) is 19.4 Å². The first-order chi connectivity index (χ1) is 16.1. The number of likely N-dealkylation sites (N-methyl/N-ethyl adjacent to an activating group) is 1. The maximum Gasteiger partial charge on any atom is 0.322 e. The van der Waals surface area contributed by atoms with Crippen LogP contribution in [0.3, 0.4) is 0 Å². The van der Waals surface area contributed by atoms with Crippen LogP contribution in [0.5, 0.6) is 6.01 Å². The first kappa shape index (κ1) is 21.6. The summed E-state index contributed by atoms with van der Waals surface area (Å²) in [6.07, 6.45) is 6.02. The van der Waals surface area contributed by atoms with Gasteiger partial charge in [-0.2, -0.15) is 20.1 Å². The first-order valence-electron chi connectivity index (χ1n) is 11.5. The van der Waals surface area contributed by atoms with Crippen molar-refractivity contribution in [1.29, 1.82) is 0 Å². The zero-order valence-corrected chi connectivity index (χ0v) is 19.1. The average molecular weight is 452 g/mol. The molecule has 10 heteroatoms. The van der Waals surface area contributed by atoms with E-state index in [1.165, 1.54) is 0 Å². The van der Waals surface area contributed by atoms with Crippen LogP contribution in [-0.4, -0.2) is 82.0 Å². The summed E-state index contributed by atoms with van der Waals surface area (Å²) < 4.78 is 11.9. The number of fused-ring (bicyclic) bond motifs is 1. The number of amides is 1. The topological polar surface area (TPSA) is 109 Å². The van der Waals surface area contributed by atoms with Crippen molar-refractivity contribution >= 4 is 22.8 Å². The molecule has 0 atom stereocenters. The number of carbonyl (C=O) groups excluding carboxylic acids is 1. The maximum atomic E-state index is 13.2. The number of carbonyl (C=O) groups is 1. The maximum absolute atomic E-state index is 13.2. The van der Waals surface area contributed by atoms with E-state index in [0.717, 1.165) is 35.7 Å². The smallest absolute Gasteiger partial charge is 0.322 e.